The van der Waals surface area contributed by atoms with Crippen molar-refractivity contribution < 1.29 is 0 Å². The van der Waals surface area contributed by atoms with Gasteiger partial charge in [-0.3, -0.25) is 4.90 Å². The van der Waals surface area contributed by atoms with E-state index in [2.05, 4.69) is 70.7 Å². The molecule has 1 aromatic carbocycles. The summed E-state index contributed by atoms with van der Waals surface area (Å²) in [7, 11) is 0. The number of benzene rings is 1. The van der Waals surface area contributed by atoms with Gasteiger partial charge in [0.15, 0.2) is 0 Å². The molecule has 0 saturated heterocycles. The fourth-order valence-corrected chi connectivity index (χ4v) is 3.11. The maximum Gasteiger partial charge on any atom is 0.0328 e. The van der Waals surface area contributed by atoms with Gasteiger partial charge >= 0.3 is 0 Å². The molecule has 0 saturated carbocycles. The Morgan fingerprint density at radius 3 is 2.35 bits per heavy atom. The summed E-state index contributed by atoms with van der Waals surface area (Å²) in [5, 5.41) is 0. The third-order valence-corrected chi connectivity index (χ3v) is 4.03. The van der Waals surface area contributed by atoms with E-state index in [1.807, 2.05) is 0 Å². The van der Waals surface area contributed by atoms with E-state index in [9.17, 15) is 0 Å². The van der Waals surface area contributed by atoms with Crippen LogP contribution < -0.4 is 0 Å². The van der Waals surface area contributed by atoms with Gasteiger partial charge in [0.1, 0.15) is 0 Å². The molecule has 1 atom stereocenters. The zero-order chi connectivity index (χ0) is 12.8. The Labute approximate surface area is 106 Å². The molecule has 0 amide bonds. The molecular formula is C16H25N. The third kappa shape index (κ3) is 2.13. The van der Waals surface area contributed by atoms with Crippen molar-refractivity contribution in [3.8, 4) is 0 Å². The van der Waals surface area contributed by atoms with Crippen molar-refractivity contribution in [2.75, 3.05) is 6.54 Å². The molecule has 0 bridgehead atoms. The monoisotopic (exact) mass is 231 g/mol. The summed E-state index contributed by atoms with van der Waals surface area (Å²) in [5.41, 5.74) is 3.49. The SMILES string of the molecule is CC1c2ccccc2C(C)(C)CN1C(C)(C)C. The molecule has 0 spiro atoms. The molecule has 1 aromatic rings. The van der Waals surface area contributed by atoms with Crippen LogP contribution in [0.15, 0.2) is 24.3 Å². The van der Waals surface area contributed by atoms with Crippen molar-refractivity contribution in [2.24, 2.45) is 0 Å². The standard InChI is InChI=1S/C16H25N/c1-12-13-9-7-8-10-14(13)16(5,6)11-17(12)15(2,3)4/h7-10,12H,11H2,1-6H3. The highest BCUT2D eigenvalue weighted by Gasteiger charge is 2.39. The van der Waals surface area contributed by atoms with Crippen molar-refractivity contribution in [2.45, 2.75) is 58.5 Å². The molecule has 1 heteroatoms. The zero-order valence-corrected chi connectivity index (χ0v) is 12.0. The Bertz CT molecular complexity index is 412. The maximum atomic E-state index is 2.62. The van der Waals surface area contributed by atoms with E-state index in [4.69, 9.17) is 0 Å². The molecular weight excluding hydrogens is 206 g/mol. The van der Waals surface area contributed by atoms with Crippen molar-refractivity contribution in [3.63, 3.8) is 0 Å². The van der Waals surface area contributed by atoms with Crippen molar-refractivity contribution in [1.29, 1.82) is 0 Å². The summed E-state index contributed by atoms with van der Waals surface area (Å²) in [5.74, 6) is 0. The van der Waals surface area contributed by atoms with Crippen molar-refractivity contribution >= 4 is 0 Å². The van der Waals surface area contributed by atoms with E-state index in [1.165, 1.54) is 11.1 Å². The lowest BCUT2D eigenvalue weighted by Crippen LogP contribution is -2.52. The van der Waals surface area contributed by atoms with Gasteiger partial charge < -0.3 is 0 Å². The second-order valence-corrected chi connectivity index (χ2v) is 6.95. The average molecular weight is 231 g/mol. The van der Waals surface area contributed by atoms with Gasteiger partial charge in [-0.25, -0.2) is 0 Å². The largest absolute Gasteiger partial charge is 0.291 e. The Hall–Kier alpha value is -0.820. The minimum atomic E-state index is 0.226. The van der Waals surface area contributed by atoms with Crippen LogP contribution >= 0.6 is 0 Å². The molecule has 1 unspecified atom stereocenters. The van der Waals surface area contributed by atoms with Crippen LogP contribution in [0.2, 0.25) is 0 Å². The van der Waals surface area contributed by atoms with E-state index in [1.54, 1.807) is 0 Å². The Morgan fingerprint density at radius 1 is 1.18 bits per heavy atom. The fourth-order valence-electron chi connectivity index (χ4n) is 3.11. The van der Waals surface area contributed by atoms with E-state index in [0.717, 1.165) is 6.54 Å². The predicted molar refractivity (Wildman–Crippen MR) is 74.3 cm³/mol. The first-order valence-electron chi connectivity index (χ1n) is 6.59. The quantitative estimate of drug-likeness (QED) is 0.648. The fraction of sp³-hybridized carbons (Fsp3) is 0.625. The summed E-state index contributed by atoms with van der Waals surface area (Å²) in [6, 6.07) is 9.43. The van der Waals surface area contributed by atoms with Gasteiger partial charge in [0.05, 0.1) is 0 Å². The second kappa shape index (κ2) is 3.84. The molecule has 1 aliphatic rings. The summed E-state index contributed by atoms with van der Waals surface area (Å²) in [4.78, 5) is 2.62. The smallest absolute Gasteiger partial charge is 0.0328 e. The molecule has 1 aliphatic heterocycles. The Morgan fingerprint density at radius 2 is 1.76 bits per heavy atom. The topological polar surface area (TPSA) is 3.24 Å². The van der Waals surface area contributed by atoms with Gasteiger partial charge in [-0.2, -0.15) is 0 Å². The average Bonchev–Trinajstić information content (AvgIpc) is 2.22. The Kier molecular flexibility index (Phi) is 2.86. The highest BCUT2D eigenvalue weighted by atomic mass is 15.2. The number of nitrogens with zero attached hydrogens (tertiary/aromatic N) is 1. The van der Waals surface area contributed by atoms with Gasteiger partial charge in [0.2, 0.25) is 0 Å². The molecule has 0 N–H and O–H groups in total. The van der Waals surface area contributed by atoms with Crippen LogP contribution in [0.3, 0.4) is 0 Å². The van der Waals surface area contributed by atoms with E-state index in [-0.39, 0.29) is 11.0 Å². The zero-order valence-electron chi connectivity index (χ0n) is 12.0. The molecule has 2 rings (SSSR count). The van der Waals surface area contributed by atoms with Crippen LogP contribution in [0.5, 0.6) is 0 Å². The number of hydrogen-bond acceptors (Lipinski definition) is 1. The molecule has 1 nitrogen and oxygen atoms in total. The Balaban J connectivity index is 2.51. The van der Waals surface area contributed by atoms with Crippen LogP contribution in [0.1, 0.15) is 58.7 Å². The van der Waals surface area contributed by atoms with E-state index < -0.39 is 0 Å². The lowest BCUT2D eigenvalue weighted by Gasteiger charge is -2.50. The van der Waals surface area contributed by atoms with Crippen LogP contribution in [-0.4, -0.2) is 17.0 Å². The molecule has 0 aliphatic carbocycles. The molecule has 1 heterocycles. The van der Waals surface area contributed by atoms with Gasteiger partial charge in [-0.15, -0.1) is 0 Å². The number of hydrogen-bond donors (Lipinski definition) is 0. The first kappa shape index (κ1) is 12.6. The van der Waals surface area contributed by atoms with Gasteiger partial charge in [-0.05, 0) is 38.8 Å². The lowest BCUT2D eigenvalue weighted by molar-refractivity contribution is 0.0528. The number of rotatable bonds is 0. The molecule has 0 fully saturated rings. The first-order valence-corrected chi connectivity index (χ1v) is 6.59. The predicted octanol–water partition coefficient (Wildman–Crippen LogP) is 4.14. The summed E-state index contributed by atoms with van der Waals surface area (Å²) < 4.78 is 0. The van der Waals surface area contributed by atoms with Crippen molar-refractivity contribution in [3.05, 3.63) is 35.4 Å². The van der Waals surface area contributed by atoms with Crippen LogP contribution in [0, 0.1) is 0 Å². The van der Waals surface area contributed by atoms with Crippen LogP contribution in [0.4, 0.5) is 0 Å². The minimum absolute atomic E-state index is 0.226. The lowest BCUT2D eigenvalue weighted by atomic mass is 9.74. The maximum absolute atomic E-state index is 2.62. The molecule has 94 valence electrons. The highest BCUT2D eigenvalue weighted by Crippen LogP contribution is 2.42. The molecule has 0 aromatic heterocycles. The normalized spacial score (nSPS) is 24.5. The van der Waals surface area contributed by atoms with Gasteiger partial charge in [0.25, 0.3) is 0 Å². The number of fused-ring (bicyclic) bond motifs is 1. The van der Waals surface area contributed by atoms with Gasteiger partial charge in [0, 0.05) is 23.5 Å². The van der Waals surface area contributed by atoms with Gasteiger partial charge in [-0.1, -0.05) is 38.1 Å². The first-order chi connectivity index (χ1) is 7.73. The highest BCUT2D eigenvalue weighted by molar-refractivity contribution is 5.38. The third-order valence-electron chi connectivity index (χ3n) is 4.03. The van der Waals surface area contributed by atoms with Crippen LogP contribution in [-0.2, 0) is 5.41 Å². The second-order valence-electron chi connectivity index (χ2n) is 6.95. The summed E-state index contributed by atoms with van der Waals surface area (Å²) >= 11 is 0. The summed E-state index contributed by atoms with van der Waals surface area (Å²) in [6.07, 6.45) is 0. The van der Waals surface area contributed by atoms with Crippen LogP contribution in [0.25, 0.3) is 0 Å². The van der Waals surface area contributed by atoms with E-state index in [0.29, 0.717) is 6.04 Å². The van der Waals surface area contributed by atoms with Crippen molar-refractivity contribution in [1.82, 2.24) is 4.90 Å². The molecule has 0 radical (unpaired) electrons. The minimum Gasteiger partial charge on any atom is -0.291 e. The van der Waals surface area contributed by atoms with E-state index >= 15 is 0 Å². The summed E-state index contributed by atoms with van der Waals surface area (Å²) in [6.45, 7) is 15.1. The molecule has 17 heavy (non-hydrogen) atoms.